The third-order valence-electron chi connectivity index (χ3n) is 2.32. The Bertz CT molecular complexity index is 415. The van der Waals surface area contributed by atoms with Gasteiger partial charge >= 0.3 is 5.97 Å². The maximum Gasteiger partial charge on any atom is 0.334 e. The molecule has 0 N–H and O–H groups in total. The zero-order valence-electron chi connectivity index (χ0n) is 8.10. The minimum Gasteiger partial charge on any atom is -0.458 e. The van der Waals surface area contributed by atoms with Crippen LogP contribution >= 0.6 is 0 Å². The fraction of sp³-hybridized carbons (Fsp3) is 0.167. The van der Waals surface area contributed by atoms with Crippen LogP contribution in [0.4, 0.5) is 0 Å². The van der Waals surface area contributed by atoms with E-state index in [4.69, 9.17) is 4.74 Å². The van der Waals surface area contributed by atoms with Crippen molar-refractivity contribution < 1.29 is 14.3 Å². The molecule has 1 heterocycles. The van der Waals surface area contributed by atoms with Crippen LogP contribution in [0, 0.1) is 0 Å². The summed E-state index contributed by atoms with van der Waals surface area (Å²) in [4.78, 5) is 21.6. The van der Waals surface area contributed by atoms with Crippen LogP contribution in [0.15, 0.2) is 35.9 Å². The second-order valence-corrected chi connectivity index (χ2v) is 3.36. The van der Waals surface area contributed by atoms with Gasteiger partial charge < -0.3 is 4.74 Å². The molecule has 0 aliphatic carbocycles. The number of rotatable bonds is 3. The van der Waals surface area contributed by atoms with E-state index in [0.29, 0.717) is 24.2 Å². The largest absolute Gasteiger partial charge is 0.458 e. The quantitative estimate of drug-likeness (QED) is 0.551. The Hall–Kier alpha value is -1.90. The summed E-state index contributed by atoms with van der Waals surface area (Å²) in [6.07, 6.45) is 3.15. The van der Waals surface area contributed by atoms with E-state index in [1.54, 1.807) is 18.2 Å². The van der Waals surface area contributed by atoms with Crippen molar-refractivity contribution in [2.24, 2.45) is 0 Å². The molecule has 3 heteroatoms. The van der Waals surface area contributed by atoms with Crippen LogP contribution < -0.4 is 0 Å². The first kappa shape index (κ1) is 9.65. The van der Waals surface area contributed by atoms with E-state index in [2.05, 4.69) is 0 Å². The molecule has 0 radical (unpaired) electrons. The standard InChI is InChI=1S/C12H10O3/c13-8-10-3-1-9(2-4-10)7-11-5-6-15-12(11)14/h1-5,8H,6-7H2. The number of carbonyl (C=O) groups is 2. The third kappa shape index (κ3) is 2.13. The summed E-state index contributed by atoms with van der Waals surface area (Å²) in [6.45, 7) is 0.376. The Kier molecular flexibility index (Phi) is 2.63. The number of benzene rings is 1. The van der Waals surface area contributed by atoms with Crippen LogP contribution in [0.1, 0.15) is 15.9 Å². The smallest absolute Gasteiger partial charge is 0.334 e. The van der Waals surface area contributed by atoms with Crippen molar-refractivity contribution >= 4 is 12.3 Å². The van der Waals surface area contributed by atoms with Gasteiger partial charge in [-0.05, 0) is 11.6 Å². The lowest BCUT2D eigenvalue weighted by atomic mass is 10.0. The molecule has 0 fully saturated rings. The van der Waals surface area contributed by atoms with E-state index < -0.39 is 0 Å². The van der Waals surface area contributed by atoms with Gasteiger partial charge in [-0.2, -0.15) is 0 Å². The van der Waals surface area contributed by atoms with E-state index in [1.165, 1.54) is 0 Å². The Labute approximate surface area is 87.4 Å². The van der Waals surface area contributed by atoms with Crippen LogP contribution in [0.2, 0.25) is 0 Å². The number of hydrogen-bond donors (Lipinski definition) is 0. The highest BCUT2D eigenvalue weighted by Crippen LogP contribution is 2.14. The molecule has 1 aromatic carbocycles. The Balaban J connectivity index is 2.11. The third-order valence-corrected chi connectivity index (χ3v) is 2.32. The molecule has 1 aliphatic rings. The highest BCUT2D eigenvalue weighted by atomic mass is 16.5. The lowest BCUT2D eigenvalue weighted by Crippen LogP contribution is -2.02. The highest BCUT2D eigenvalue weighted by molar-refractivity contribution is 5.90. The van der Waals surface area contributed by atoms with Gasteiger partial charge in [-0.3, -0.25) is 4.79 Å². The summed E-state index contributed by atoms with van der Waals surface area (Å²) >= 11 is 0. The number of cyclic esters (lactones) is 1. The number of hydrogen-bond acceptors (Lipinski definition) is 3. The minimum atomic E-state index is -0.241. The molecule has 0 saturated heterocycles. The van der Waals surface area contributed by atoms with Crippen molar-refractivity contribution in [3.8, 4) is 0 Å². The predicted molar refractivity (Wildman–Crippen MR) is 54.6 cm³/mol. The Morgan fingerprint density at radius 2 is 2.00 bits per heavy atom. The molecule has 76 valence electrons. The van der Waals surface area contributed by atoms with Gasteiger partial charge in [0.25, 0.3) is 0 Å². The number of carbonyl (C=O) groups excluding carboxylic acids is 2. The summed E-state index contributed by atoms with van der Waals surface area (Å²) in [5.41, 5.74) is 2.33. The summed E-state index contributed by atoms with van der Waals surface area (Å²) < 4.78 is 4.79. The monoisotopic (exact) mass is 202 g/mol. The second kappa shape index (κ2) is 4.09. The van der Waals surface area contributed by atoms with Gasteiger partial charge in [0.05, 0.1) is 0 Å². The van der Waals surface area contributed by atoms with Gasteiger partial charge in [0.2, 0.25) is 0 Å². The van der Waals surface area contributed by atoms with Gasteiger partial charge in [0.1, 0.15) is 12.9 Å². The molecule has 2 rings (SSSR count). The van der Waals surface area contributed by atoms with Crippen molar-refractivity contribution in [3.63, 3.8) is 0 Å². The van der Waals surface area contributed by atoms with Crippen LogP contribution in [0.3, 0.4) is 0 Å². The maximum absolute atomic E-state index is 11.2. The molecular formula is C12H10O3. The summed E-state index contributed by atoms with van der Waals surface area (Å²) in [5.74, 6) is -0.241. The van der Waals surface area contributed by atoms with Gasteiger partial charge in [0.15, 0.2) is 0 Å². The van der Waals surface area contributed by atoms with Gasteiger partial charge in [-0.25, -0.2) is 4.79 Å². The van der Waals surface area contributed by atoms with Crippen molar-refractivity contribution in [1.29, 1.82) is 0 Å². The Morgan fingerprint density at radius 1 is 1.27 bits per heavy atom. The molecule has 0 spiro atoms. The van der Waals surface area contributed by atoms with E-state index in [1.807, 2.05) is 12.1 Å². The Morgan fingerprint density at radius 3 is 2.53 bits per heavy atom. The first-order valence-electron chi connectivity index (χ1n) is 4.70. The average Bonchev–Trinajstić information content (AvgIpc) is 2.66. The molecule has 3 nitrogen and oxygen atoms in total. The fourth-order valence-electron chi connectivity index (χ4n) is 1.47. The van der Waals surface area contributed by atoms with Gasteiger partial charge in [-0.1, -0.05) is 24.3 Å². The SMILES string of the molecule is O=Cc1ccc(CC2=CCOC2=O)cc1. The van der Waals surface area contributed by atoms with Gasteiger partial charge in [-0.15, -0.1) is 0 Å². The first-order valence-corrected chi connectivity index (χ1v) is 4.70. The lowest BCUT2D eigenvalue weighted by molar-refractivity contribution is -0.136. The number of aldehydes is 1. The van der Waals surface area contributed by atoms with Crippen molar-refractivity contribution in [3.05, 3.63) is 47.0 Å². The maximum atomic E-state index is 11.2. The average molecular weight is 202 g/mol. The molecular weight excluding hydrogens is 192 g/mol. The normalized spacial score (nSPS) is 14.7. The fourth-order valence-corrected chi connectivity index (χ4v) is 1.47. The number of ether oxygens (including phenoxy) is 1. The van der Waals surface area contributed by atoms with E-state index >= 15 is 0 Å². The lowest BCUT2D eigenvalue weighted by Gasteiger charge is -2.00. The van der Waals surface area contributed by atoms with E-state index in [-0.39, 0.29) is 5.97 Å². The number of esters is 1. The van der Waals surface area contributed by atoms with E-state index in [9.17, 15) is 9.59 Å². The predicted octanol–water partition coefficient (Wildman–Crippen LogP) is 1.52. The summed E-state index contributed by atoms with van der Waals surface area (Å²) in [7, 11) is 0. The van der Waals surface area contributed by atoms with Crippen LogP contribution in [0.5, 0.6) is 0 Å². The molecule has 1 aromatic rings. The first-order chi connectivity index (χ1) is 7.29. The molecule has 0 unspecified atom stereocenters. The van der Waals surface area contributed by atoms with Crippen LogP contribution in [-0.4, -0.2) is 18.9 Å². The molecule has 1 aliphatic heterocycles. The molecule has 0 aromatic heterocycles. The summed E-state index contributed by atoms with van der Waals surface area (Å²) in [5, 5.41) is 0. The van der Waals surface area contributed by atoms with E-state index in [0.717, 1.165) is 11.8 Å². The van der Waals surface area contributed by atoms with Crippen molar-refractivity contribution in [2.75, 3.05) is 6.61 Å². The highest BCUT2D eigenvalue weighted by Gasteiger charge is 2.16. The zero-order chi connectivity index (χ0) is 10.7. The molecule has 0 saturated carbocycles. The van der Waals surface area contributed by atoms with Crippen molar-refractivity contribution in [2.45, 2.75) is 6.42 Å². The molecule has 15 heavy (non-hydrogen) atoms. The molecule has 0 bridgehead atoms. The van der Waals surface area contributed by atoms with Gasteiger partial charge in [0, 0.05) is 17.6 Å². The molecule has 0 atom stereocenters. The topological polar surface area (TPSA) is 43.4 Å². The summed E-state index contributed by atoms with van der Waals surface area (Å²) in [6, 6.07) is 7.17. The minimum absolute atomic E-state index is 0.241. The zero-order valence-corrected chi connectivity index (χ0v) is 8.10. The van der Waals surface area contributed by atoms with Crippen LogP contribution in [0.25, 0.3) is 0 Å². The molecule has 0 amide bonds. The van der Waals surface area contributed by atoms with Crippen LogP contribution in [-0.2, 0) is 16.0 Å². The van der Waals surface area contributed by atoms with Crippen molar-refractivity contribution in [1.82, 2.24) is 0 Å². The second-order valence-electron chi connectivity index (χ2n) is 3.36.